The minimum Gasteiger partial charge on any atom is -0.312 e. The molecule has 0 saturated carbocycles. The van der Waals surface area contributed by atoms with Crippen LogP contribution >= 0.6 is 0 Å². The van der Waals surface area contributed by atoms with Gasteiger partial charge >= 0.3 is 0 Å². The summed E-state index contributed by atoms with van der Waals surface area (Å²) in [6.07, 6.45) is 0.781. The van der Waals surface area contributed by atoms with E-state index in [2.05, 4.69) is 9.82 Å². The molecule has 0 fully saturated rings. The van der Waals surface area contributed by atoms with E-state index in [1.54, 1.807) is 42.6 Å². The Hall–Kier alpha value is -2.35. The molecule has 1 aromatic carbocycles. The van der Waals surface area contributed by atoms with Crippen molar-refractivity contribution in [2.45, 2.75) is 32.1 Å². The van der Waals surface area contributed by atoms with Crippen molar-refractivity contribution in [2.24, 2.45) is 7.05 Å². The maximum atomic E-state index is 12.7. The normalized spacial score (nSPS) is 13.9. The minimum atomic E-state index is -3.75. The zero-order chi connectivity index (χ0) is 17.6. The van der Waals surface area contributed by atoms with E-state index in [0.29, 0.717) is 23.6 Å². The zero-order valence-electron chi connectivity index (χ0n) is 14.1. The van der Waals surface area contributed by atoms with Crippen molar-refractivity contribution >= 4 is 27.3 Å². The van der Waals surface area contributed by atoms with E-state index in [1.165, 1.54) is 6.92 Å². The number of nitrogens with one attached hydrogen (secondary N) is 1. The molecule has 1 aliphatic heterocycles. The van der Waals surface area contributed by atoms with Gasteiger partial charge in [0.2, 0.25) is 5.91 Å². The van der Waals surface area contributed by atoms with Gasteiger partial charge in [-0.1, -0.05) is 6.07 Å². The molecule has 0 bridgehead atoms. The Bertz CT molecular complexity index is 931. The van der Waals surface area contributed by atoms with Gasteiger partial charge in [0.25, 0.3) is 10.0 Å². The Balaban J connectivity index is 1.97. The van der Waals surface area contributed by atoms with Gasteiger partial charge in [0.1, 0.15) is 4.90 Å². The van der Waals surface area contributed by atoms with Crippen LogP contribution in [0.25, 0.3) is 0 Å². The van der Waals surface area contributed by atoms with Crippen LogP contribution in [0.1, 0.15) is 23.9 Å². The molecule has 0 saturated heterocycles. The molecular weight excluding hydrogens is 328 g/mol. The van der Waals surface area contributed by atoms with Crippen molar-refractivity contribution in [1.82, 2.24) is 9.78 Å². The highest BCUT2D eigenvalue weighted by Crippen LogP contribution is 2.32. The number of aryl methyl sites for hydroxylation is 2. The lowest BCUT2D eigenvalue weighted by atomic mass is 10.1. The smallest absolute Gasteiger partial charge is 0.265 e. The van der Waals surface area contributed by atoms with E-state index in [1.807, 2.05) is 6.07 Å². The van der Waals surface area contributed by atoms with Crippen LogP contribution in [0.4, 0.5) is 11.4 Å². The molecule has 1 aromatic heterocycles. The highest BCUT2D eigenvalue weighted by Gasteiger charge is 2.26. The number of carbonyl (C=O) groups is 1. The van der Waals surface area contributed by atoms with Crippen molar-refractivity contribution in [3.8, 4) is 0 Å². The third-order valence-electron chi connectivity index (χ3n) is 4.32. The standard InChI is InChI=1S/C16H20N4O3S/c1-10-16(11(2)19(4)17-10)24(22,23)18-14-6-5-13-7-8-20(12(3)21)15(13)9-14/h5-6,9,18H,7-8H2,1-4H3. The van der Waals surface area contributed by atoms with Gasteiger partial charge in [-0.2, -0.15) is 5.10 Å². The highest BCUT2D eigenvalue weighted by atomic mass is 32.2. The maximum Gasteiger partial charge on any atom is 0.265 e. The number of carbonyl (C=O) groups excluding carboxylic acids is 1. The Morgan fingerprint density at radius 2 is 2.00 bits per heavy atom. The van der Waals surface area contributed by atoms with E-state index in [9.17, 15) is 13.2 Å². The van der Waals surface area contributed by atoms with Gasteiger partial charge in [-0.05, 0) is 38.0 Å². The Morgan fingerprint density at radius 1 is 1.29 bits per heavy atom. The van der Waals surface area contributed by atoms with E-state index < -0.39 is 10.0 Å². The van der Waals surface area contributed by atoms with Gasteiger partial charge in [0.15, 0.2) is 0 Å². The largest absolute Gasteiger partial charge is 0.312 e. The fourth-order valence-corrected chi connectivity index (χ4v) is 4.61. The van der Waals surface area contributed by atoms with Gasteiger partial charge in [0.05, 0.1) is 17.1 Å². The second kappa shape index (κ2) is 5.62. The number of nitrogens with zero attached hydrogens (tertiary/aromatic N) is 3. The van der Waals surface area contributed by atoms with Crippen molar-refractivity contribution in [2.75, 3.05) is 16.2 Å². The first-order valence-corrected chi connectivity index (χ1v) is 9.13. The molecule has 1 aliphatic rings. The third-order valence-corrected chi connectivity index (χ3v) is 5.96. The second-order valence-corrected chi connectivity index (χ2v) is 7.61. The zero-order valence-corrected chi connectivity index (χ0v) is 14.9. The van der Waals surface area contributed by atoms with E-state index >= 15 is 0 Å². The molecule has 3 rings (SSSR count). The van der Waals surface area contributed by atoms with E-state index in [0.717, 1.165) is 17.7 Å². The molecule has 7 nitrogen and oxygen atoms in total. The maximum absolute atomic E-state index is 12.7. The summed E-state index contributed by atoms with van der Waals surface area (Å²) < 4.78 is 29.6. The predicted molar refractivity (Wildman–Crippen MR) is 91.7 cm³/mol. The predicted octanol–water partition coefficient (Wildman–Crippen LogP) is 1.75. The lowest BCUT2D eigenvalue weighted by molar-refractivity contribution is -0.116. The second-order valence-electron chi connectivity index (χ2n) is 5.99. The molecule has 0 spiro atoms. The molecule has 128 valence electrons. The average molecular weight is 348 g/mol. The molecule has 2 aromatic rings. The lowest BCUT2D eigenvalue weighted by Gasteiger charge is -2.16. The molecule has 1 amide bonds. The van der Waals surface area contributed by atoms with Crippen LogP contribution in [0.2, 0.25) is 0 Å². The summed E-state index contributed by atoms with van der Waals surface area (Å²) in [4.78, 5) is 13.5. The lowest BCUT2D eigenvalue weighted by Crippen LogP contribution is -2.25. The number of sulfonamides is 1. The average Bonchev–Trinajstić information content (AvgIpc) is 2.99. The summed E-state index contributed by atoms with van der Waals surface area (Å²) in [7, 11) is -2.04. The van der Waals surface area contributed by atoms with Crippen molar-refractivity contribution in [3.63, 3.8) is 0 Å². The van der Waals surface area contributed by atoms with Gasteiger partial charge < -0.3 is 4.90 Å². The first-order valence-electron chi connectivity index (χ1n) is 7.65. The van der Waals surface area contributed by atoms with Crippen LogP contribution in [0, 0.1) is 13.8 Å². The van der Waals surface area contributed by atoms with Crippen LogP contribution in [0.15, 0.2) is 23.1 Å². The summed E-state index contributed by atoms with van der Waals surface area (Å²) >= 11 is 0. The minimum absolute atomic E-state index is 0.0484. The molecule has 0 aliphatic carbocycles. The number of hydrogen-bond donors (Lipinski definition) is 1. The third kappa shape index (κ3) is 2.66. The van der Waals surface area contributed by atoms with Gasteiger partial charge in [0, 0.05) is 26.2 Å². The van der Waals surface area contributed by atoms with E-state index in [-0.39, 0.29) is 10.8 Å². The van der Waals surface area contributed by atoms with Crippen LogP contribution in [0.3, 0.4) is 0 Å². The topological polar surface area (TPSA) is 84.3 Å². The van der Waals surface area contributed by atoms with Gasteiger partial charge in [-0.25, -0.2) is 8.42 Å². The number of amides is 1. The number of aromatic nitrogens is 2. The molecule has 0 unspecified atom stereocenters. The molecule has 8 heteroatoms. The monoisotopic (exact) mass is 348 g/mol. The molecule has 0 atom stereocenters. The fourth-order valence-electron chi connectivity index (χ4n) is 3.12. The molecule has 2 heterocycles. The van der Waals surface area contributed by atoms with Crippen molar-refractivity contribution in [1.29, 1.82) is 0 Å². The summed E-state index contributed by atoms with van der Waals surface area (Å²) in [6, 6.07) is 5.29. The Labute approximate surface area is 141 Å². The van der Waals surface area contributed by atoms with Gasteiger partial charge in [-0.15, -0.1) is 0 Å². The first-order chi connectivity index (χ1) is 11.2. The summed E-state index contributed by atoms with van der Waals surface area (Å²) in [5.74, 6) is -0.0484. The molecule has 24 heavy (non-hydrogen) atoms. The summed E-state index contributed by atoms with van der Waals surface area (Å²) in [6.45, 7) is 5.52. The Morgan fingerprint density at radius 3 is 2.58 bits per heavy atom. The molecule has 0 radical (unpaired) electrons. The van der Waals surface area contributed by atoms with Crippen LogP contribution in [-0.4, -0.2) is 30.7 Å². The number of anilines is 2. The number of benzene rings is 1. The van der Waals surface area contributed by atoms with Crippen LogP contribution in [0.5, 0.6) is 0 Å². The molecular formula is C16H20N4O3S. The van der Waals surface area contributed by atoms with Crippen LogP contribution in [-0.2, 0) is 28.3 Å². The number of rotatable bonds is 3. The molecule has 1 N–H and O–H groups in total. The number of fused-ring (bicyclic) bond motifs is 1. The summed E-state index contributed by atoms with van der Waals surface area (Å²) in [5, 5.41) is 4.16. The van der Waals surface area contributed by atoms with Crippen LogP contribution < -0.4 is 9.62 Å². The Kier molecular flexibility index (Phi) is 3.87. The van der Waals surface area contributed by atoms with Crippen molar-refractivity contribution < 1.29 is 13.2 Å². The SMILES string of the molecule is CC(=O)N1CCc2ccc(NS(=O)(=O)c3c(C)nn(C)c3C)cc21. The van der Waals surface area contributed by atoms with Gasteiger partial charge in [-0.3, -0.25) is 14.2 Å². The quantitative estimate of drug-likeness (QED) is 0.916. The fraction of sp³-hybridized carbons (Fsp3) is 0.375. The first kappa shape index (κ1) is 16.5. The van der Waals surface area contributed by atoms with Crippen molar-refractivity contribution in [3.05, 3.63) is 35.2 Å². The summed E-state index contributed by atoms with van der Waals surface area (Å²) in [5.41, 5.74) is 3.27. The number of hydrogen-bond acceptors (Lipinski definition) is 4. The van der Waals surface area contributed by atoms with E-state index in [4.69, 9.17) is 0 Å². The highest BCUT2D eigenvalue weighted by molar-refractivity contribution is 7.92.